The van der Waals surface area contributed by atoms with Crippen molar-refractivity contribution >= 4 is 11.8 Å². The van der Waals surface area contributed by atoms with Gasteiger partial charge in [-0.2, -0.15) is 16.7 Å². The molecule has 0 fully saturated rings. The Morgan fingerprint density at radius 1 is 1.28 bits per heavy atom. The van der Waals surface area contributed by atoms with Gasteiger partial charge in [-0.3, -0.25) is 0 Å². The molecule has 0 aliphatic rings. The van der Waals surface area contributed by atoms with Gasteiger partial charge < -0.3 is 9.84 Å². The first kappa shape index (κ1) is 15.5. The van der Waals surface area contributed by atoms with Crippen LogP contribution in [0.4, 0.5) is 0 Å². The first-order valence-corrected chi connectivity index (χ1v) is 7.80. The Balaban J connectivity index is 2.64. The fourth-order valence-corrected chi connectivity index (χ4v) is 2.52. The van der Waals surface area contributed by atoms with Crippen LogP contribution in [0.25, 0.3) is 0 Å². The van der Waals surface area contributed by atoms with Gasteiger partial charge in [0.2, 0.25) is 5.89 Å². The third-order valence-electron chi connectivity index (χ3n) is 2.92. The maximum absolute atomic E-state index is 5.40. The zero-order valence-corrected chi connectivity index (χ0v) is 12.9. The van der Waals surface area contributed by atoms with E-state index < -0.39 is 0 Å². The SMILES string of the molecule is CCNC(C)C(CC)c1nc(CSC(C)C)no1. The van der Waals surface area contributed by atoms with Gasteiger partial charge >= 0.3 is 0 Å². The zero-order valence-electron chi connectivity index (χ0n) is 12.1. The molecule has 0 amide bonds. The number of hydrogen-bond donors (Lipinski definition) is 1. The van der Waals surface area contributed by atoms with E-state index >= 15 is 0 Å². The Labute approximate surface area is 114 Å². The first-order valence-electron chi connectivity index (χ1n) is 6.75. The highest BCUT2D eigenvalue weighted by Crippen LogP contribution is 2.23. The van der Waals surface area contributed by atoms with Gasteiger partial charge in [-0.25, -0.2) is 0 Å². The van der Waals surface area contributed by atoms with Crippen molar-refractivity contribution in [2.75, 3.05) is 6.54 Å². The summed E-state index contributed by atoms with van der Waals surface area (Å²) < 4.78 is 5.40. The van der Waals surface area contributed by atoms with E-state index in [0.29, 0.717) is 17.2 Å². The highest BCUT2D eigenvalue weighted by molar-refractivity contribution is 7.99. The van der Waals surface area contributed by atoms with Gasteiger partial charge in [0.1, 0.15) is 0 Å². The highest BCUT2D eigenvalue weighted by Gasteiger charge is 2.22. The lowest BCUT2D eigenvalue weighted by Gasteiger charge is -2.19. The van der Waals surface area contributed by atoms with E-state index in [1.807, 2.05) is 11.8 Å². The minimum absolute atomic E-state index is 0.301. The number of thioether (sulfide) groups is 1. The van der Waals surface area contributed by atoms with Crippen molar-refractivity contribution in [1.29, 1.82) is 0 Å². The molecule has 0 bridgehead atoms. The minimum atomic E-state index is 0.301. The summed E-state index contributed by atoms with van der Waals surface area (Å²) in [4.78, 5) is 4.52. The molecule has 5 heteroatoms. The minimum Gasteiger partial charge on any atom is -0.339 e. The lowest BCUT2D eigenvalue weighted by atomic mass is 9.98. The maximum Gasteiger partial charge on any atom is 0.231 e. The van der Waals surface area contributed by atoms with Gasteiger partial charge in [0.25, 0.3) is 0 Å². The highest BCUT2D eigenvalue weighted by atomic mass is 32.2. The van der Waals surface area contributed by atoms with Crippen LogP contribution in [0.5, 0.6) is 0 Å². The Morgan fingerprint density at radius 2 is 2.00 bits per heavy atom. The summed E-state index contributed by atoms with van der Waals surface area (Å²) in [7, 11) is 0. The van der Waals surface area contributed by atoms with Crippen molar-refractivity contribution in [3.05, 3.63) is 11.7 Å². The van der Waals surface area contributed by atoms with Crippen LogP contribution in [-0.2, 0) is 5.75 Å². The molecule has 1 heterocycles. The molecule has 0 aliphatic heterocycles. The largest absolute Gasteiger partial charge is 0.339 e. The smallest absolute Gasteiger partial charge is 0.231 e. The first-order chi connectivity index (χ1) is 8.58. The third-order valence-corrected chi connectivity index (χ3v) is 4.01. The molecule has 0 saturated heterocycles. The Morgan fingerprint density at radius 3 is 2.56 bits per heavy atom. The third kappa shape index (κ3) is 4.61. The van der Waals surface area contributed by atoms with E-state index in [0.717, 1.165) is 30.4 Å². The van der Waals surface area contributed by atoms with E-state index in [-0.39, 0.29) is 0 Å². The molecule has 0 saturated carbocycles. The second kappa shape index (κ2) is 7.79. The number of rotatable bonds is 8. The number of nitrogens with one attached hydrogen (secondary N) is 1. The molecule has 4 nitrogen and oxygen atoms in total. The molecule has 1 aromatic heterocycles. The molecule has 1 N–H and O–H groups in total. The molecule has 104 valence electrons. The fraction of sp³-hybridized carbons (Fsp3) is 0.846. The lowest BCUT2D eigenvalue weighted by molar-refractivity contribution is 0.316. The van der Waals surface area contributed by atoms with Gasteiger partial charge in [-0.05, 0) is 25.1 Å². The summed E-state index contributed by atoms with van der Waals surface area (Å²) in [6.45, 7) is 11.8. The van der Waals surface area contributed by atoms with Crippen molar-refractivity contribution in [2.24, 2.45) is 0 Å². The number of aromatic nitrogens is 2. The fourth-order valence-electron chi connectivity index (χ4n) is 1.92. The van der Waals surface area contributed by atoms with E-state index in [1.54, 1.807) is 0 Å². The van der Waals surface area contributed by atoms with Gasteiger partial charge in [0, 0.05) is 6.04 Å². The van der Waals surface area contributed by atoms with E-state index in [9.17, 15) is 0 Å². The predicted octanol–water partition coefficient (Wildman–Crippen LogP) is 3.20. The number of hydrogen-bond acceptors (Lipinski definition) is 5. The zero-order chi connectivity index (χ0) is 13.5. The van der Waals surface area contributed by atoms with Crippen LogP contribution in [0.1, 0.15) is 58.7 Å². The Kier molecular flexibility index (Phi) is 6.71. The summed E-state index contributed by atoms with van der Waals surface area (Å²) in [5, 5.41) is 8.08. The number of nitrogens with zero attached hydrogens (tertiary/aromatic N) is 2. The molecule has 1 rings (SSSR count). The molecule has 0 radical (unpaired) electrons. The van der Waals surface area contributed by atoms with Gasteiger partial charge in [-0.15, -0.1) is 0 Å². The van der Waals surface area contributed by atoms with Crippen LogP contribution in [0.3, 0.4) is 0 Å². The normalized spacial score (nSPS) is 15.0. The Bertz CT molecular complexity index is 341. The monoisotopic (exact) mass is 271 g/mol. The Hall–Kier alpha value is -0.550. The predicted molar refractivity (Wildman–Crippen MR) is 76.9 cm³/mol. The van der Waals surface area contributed by atoms with Crippen LogP contribution >= 0.6 is 11.8 Å². The van der Waals surface area contributed by atoms with Crippen LogP contribution in [0.2, 0.25) is 0 Å². The molecule has 1 aromatic rings. The van der Waals surface area contributed by atoms with Gasteiger partial charge in [0.05, 0.1) is 11.7 Å². The van der Waals surface area contributed by atoms with Crippen molar-refractivity contribution in [3.8, 4) is 0 Å². The maximum atomic E-state index is 5.40. The van der Waals surface area contributed by atoms with E-state index in [1.165, 1.54) is 0 Å². The molecule has 0 spiro atoms. The van der Waals surface area contributed by atoms with Gasteiger partial charge in [-0.1, -0.05) is 32.9 Å². The molecule has 2 atom stereocenters. The summed E-state index contributed by atoms with van der Waals surface area (Å²) in [6.07, 6.45) is 1.01. The molecule has 0 aromatic carbocycles. The second-order valence-corrected chi connectivity index (χ2v) is 6.33. The van der Waals surface area contributed by atoms with Crippen LogP contribution in [0, 0.1) is 0 Å². The van der Waals surface area contributed by atoms with Crippen molar-refractivity contribution in [1.82, 2.24) is 15.5 Å². The van der Waals surface area contributed by atoms with Crippen LogP contribution < -0.4 is 5.32 Å². The van der Waals surface area contributed by atoms with E-state index in [4.69, 9.17) is 4.52 Å². The van der Waals surface area contributed by atoms with E-state index in [2.05, 4.69) is 50.1 Å². The van der Waals surface area contributed by atoms with Crippen molar-refractivity contribution < 1.29 is 4.52 Å². The lowest BCUT2D eigenvalue weighted by Crippen LogP contribution is -2.31. The average Bonchev–Trinajstić information content (AvgIpc) is 2.76. The molecular weight excluding hydrogens is 246 g/mol. The average molecular weight is 271 g/mol. The summed E-state index contributed by atoms with van der Waals surface area (Å²) in [5.74, 6) is 2.71. The topological polar surface area (TPSA) is 51.0 Å². The molecule has 18 heavy (non-hydrogen) atoms. The van der Waals surface area contributed by atoms with Crippen molar-refractivity contribution in [2.45, 2.75) is 64.0 Å². The number of likely N-dealkylation sites (N-methyl/N-ethyl adjacent to an activating group) is 1. The van der Waals surface area contributed by atoms with Gasteiger partial charge in [0.15, 0.2) is 5.82 Å². The summed E-state index contributed by atoms with van der Waals surface area (Å²) in [5.41, 5.74) is 0. The molecule has 2 unspecified atom stereocenters. The van der Waals surface area contributed by atoms with Crippen LogP contribution in [-0.4, -0.2) is 28.0 Å². The van der Waals surface area contributed by atoms with Crippen molar-refractivity contribution in [3.63, 3.8) is 0 Å². The van der Waals surface area contributed by atoms with Crippen LogP contribution in [0.15, 0.2) is 4.52 Å². The standard InChI is InChI=1S/C13H25N3OS/c1-6-11(10(5)14-7-2)13-15-12(16-17-13)8-18-9(3)4/h9-11,14H,6-8H2,1-5H3. The summed E-state index contributed by atoms with van der Waals surface area (Å²) in [6, 6.07) is 0.367. The molecule has 0 aliphatic carbocycles. The summed E-state index contributed by atoms with van der Waals surface area (Å²) >= 11 is 1.84. The second-order valence-electron chi connectivity index (χ2n) is 4.77. The molecular formula is C13H25N3OS. The quantitative estimate of drug-likeness (QED) is 0.787.